The zero-order chi connectivity index (χ0) is 17.9. The lowest BCUT2D eigenvalue weighted by atomic mass is 10.1. The molecule has 0 saturated heterocycles. The van der Waals surface area contributed by atoms with E-state index in [0.29, 0.717) is 18.0 Å². The average Bonchev–Trinajstić information content (AvgIpc) is 2.61. The Morgan fingerprint density at radius 1 is 1.00 bits per heavy atom. The van der Waals surface area contributed by atoms with Gasteiger partial charge in [0.2, 0.25) is 5.91 Å². The second-order valence-corrected chi connectivity index (χ2v) is 5.46. The molecule has 0 aliphatic heterocycles. The van der Waals surface area contributed by atoms with Crippen molar-refractivity contribution in [1.82, 2.24) is 0 Å². The molecule has 2 aromatic carbocycles. The van der Waals surface area contributed by atoms with Gasteiger partial charge < -0.3 is 14.8 Å². The molecule has 25 heavy (non-hydrogen) atoms. The highest BCUT2D eigenvalue weighted by Gasteiger charge is 2.12. The third-order valence-electron chi connectivity index (χ3n) is 3.48. The van der Waals surface area contributed by atoms with Gasteiger partial charge in [-0.05, 0) is 37.5 Å². The Balaban J connectivity index is 1.83. The largest absolute Gasteiger partial charge is 0.491 e. The van der Waals surface area contributed by atoms with Crippen molar-refractivity contribution in [2.75, 3.05) is 18.5 Å². The first-order chi connectivity index (χ1) is 12.2. The highest BCUT2D eigenvalue weighted by molar-refractivity contribution is 6.02. The molecule has 2 rings (SSSR count). The molecule has 1 N–H and O–H groups in total. The lowest BCUT2D eigenvalue weighted by molar-refractivity contribution is -0.145. The summed E-state index contributed by atoms with van der Waals surface area (Å²) < 4.78 is 10.6. The van der Waals surface area contributed by atoms with E-state index in [2.05, 4.69) is 17.4 Å². The Hall–Kier alpha value is -2.82. The van der Waals surface area contributed by atoms with Crippen LogP contribution in [0.15, 0.2) is 54.6 Å². The summed E-state index contributed by atoms with van der Waals surface area (Å²) in [6.45, 7) is 2.50. The number of carbonyl (C=O) groups is 2. The number of benzene rings is 2. The van der Waals surface area contributed by atoms with Crippen molar-refractivity contribution < 1.29 is 19.1 Å². The SMILES string of the molecule is CCOC(=O)CC(=O)Nc1ccccc1OCCCc1ccccc1. The Kier molecular flexibility index (Phi) is 7.50. The number of amides is 1. The Bertz CT molecular complexity index is 685. The summed E-state index contributed by atoms with van der Waals surface area (Å²) in [5.41, 5.74) is 1.82. The summed E-state index contributed by atoms with van der Waals surface area (Å²) in [5.74, 6) is -0.368. The van der Waals surface area contributed by atoms with Gasteiger partial charge in [0.1, 0.15) is 12.2 Å². The standard InChI is InChI=1S/C20H23NO4/c1-2-24-20(23)15-19(22)21-17-12-6-7-13-18(17)25-14-8-11-16-9-4-3-5-10-16/h3-7,9-10,12-13H,2,8,11,14-15H2,1H3,(H,21,22). The molecule has 5 nitrogen and oxygen atoms in total. The molecule has 0 aliphatic rings. The van der Waals surface area contributed by atoms with Gasteiger partial charge in [0.25, 0.3) is 0 Å². The highest BCUT2D eigenvalue weighted by atomic mass is 16.5. The smallest absolute Gasteiger partial charge is 0.315 e. The van der Waals surface area contributed by atoms with Crippen LogP contribution in [0.1, 0.15) is 25.3 Å². The van der Waals surface area contributed by atoms with Gasteiger partial charge in [-0.15, -0.1) is 0 Å². The maximum atomic E-state index is 11.9. The van der Waals surface area contributed by atoms with Crippen LogP contribution in [0, 0.1) is 0 Å². The fraction of sp³-hybridized carbons (Fsp3) is 0.300. The molecule has 132 valence electrons. The summed E-state index contributed by atoms with van der Waals surface area (Å²) in [4.78, 5) is 23.3. The van der Waals surface area contributed by atoms with E-state index in [0.717, 1.165) is 12.8 Å². The van der Waals surface area contributed by atoms with E-state index in [1.54, 1.807) is 25.1 Å². The number of nitrogens with one attached hydrogen (secondary N) is 1. The molecule has 0 unspecified atom stereocenters. The van der Waals surface area contributed by atoms with E-state index < -0.39 is 11.9 Å². The van der Waals surface area contributed by atoms with Crippen LogP contribution in [0.2, 0.25) is 0 Å². The van der Waals surface area contributed by atoms with E-state index in [4.69, 9.17) is 9.47 Å². The van der Waals surface area contributed by atoms with E-state index >= 15 is 0 Å². The molecular weight excluding hydrogens is 318 g/mol. The Labute approximate surface area is 148 Å². The van der Waals surface area contributed by atoms with Gasteiger partial charge in [0.05, 0.1) is 18.9 Å². The normalized spacial score (nSPS) is 10.1. The maximum absolute atomic E-state index is 11.9. The fourth-order valence-corrected chi connectivity index (χ4v) is 2.34. The van der Waals surface area contributed by atoms with Crippen LogP contribution in [0.25, 0.3) is 0 Å². The monoisotopic (exact) mass is 341 g/mol. The number of anilines is 1. The molecule has 0 atom stereocenters. The summed E-state index contributed by atoms with van der Waals surface area (Å²) in [5, 5.41) is 2.69. The van der Waals surface area contributed by atoms with E-state index in [9.17, 15) is 9.59 Å². The fourth-order valence-electron chi connectivity index (χ4n) is 2.34. The maximum Gasteiger partial charge on any atom is 0.315 e. The number of ether oxygens (including phenoxy) is 2. The van der Waals surface area contributed by atoms with Crippen LogP contribution < -0.4 is 10.1 Å². The van der Waals surface area contributed by atoms with Crippen molar-refractivity contribution in [3.05, 3.63) is 60.2 Å². The van der Waals surface area contributed by atoms with E-state index in [1.165, 1.54) is 5.56 Å². The van der Waals surface area contributed by atoms with Crippen LogP contribution in [-0.2, 0) is 20.7 Å². The minimum absolute atomic E-state index is 0.257. The summed E-state index contributed by atoms with van der Waals surface area (Å²) in [6, 6.07) is 17.4. The number of hydrogen-bond acceptors (Lipinski definition) is 4. The number of rotatable bonds is 9. The number of hydrogen-bond donors (Lipinski definition) is 1. The predicted molar refractivity (Wildman–Crippen MR) is 96.6 cm³/mol. The van der Waals surface area contributed by atoms with Gasteiger partial charge in [-0.3, -0.25) is 9.59 Å². The van der Waals surface area contributed by atoms with Crippen molar-refractivity contribution in [2.45, 2.75) is 26.2 Å². The van der Waals surface area contributed by atoms with Crippen molar-refractivity contribution in [3.63, 3.8) is 0 Å². The molecule has 5 heteroatoms. The van der Waals surface area contributed by atoms with Crippen LogP contribution in [-0.4, -0.2) is 25.1 Å². The molecular formula is C20H23NO4. The van der Waals surface area contributed by atoms with E-state index in [-0.39, 0.29) is 13.0 Å². The van der Waals surface area contributed by atoms with Gasteiger partial charge in [0.15, 0.2) is 0 Å². The van der Waals surface area contributed by atoms with Gasteiger partial charge in [-0.1, -0.05) is 42.5 Å². The molecule has 0 heterocycles. The first-order valence-electron chi connectivity index (χ1n) is 8.40. The average molecular weight is 341 g/mol. The van der Waals surface area contributed by atoms with E-state index in [1.807, 2.05) is 24.3 Å². The number of carbonyl (C=O) groups excluding carboxylic acids is 2. The van der Waals surface area contributed by atoms with Crippen molar-refractivity contribution >= 4 is 17.6 Å². The Morgan fingerprint density at radius 2 is 1.72 bits per heavy atom. The van der Waals surface area contributed by atoms with Crippen LogP contribution in [0.5, 0.6) is 5.75 Å². The van der Waals surface area contributed by atoms with Gasteiger partial charge in [0, 0.05) is 0 Å². The van der Waals surface area contributed by atoms with Crippen LogP contribution in [0.3, 0.4) is 0 Å². The van der Waals surface area contributed by atoms with Gasteiger partial charge in [-0.25, -0.2) is 0 Å². The zero-order valence-corrected chi connectivity index (χ0v) is 14.4. The third-order valence-corrected chi connectivity index (χ3v) is 3.48. The van der Waals surface area contributed by atoms with Gasteiger partial charge in [-0.2, -0.15) is 0 Å². The highest BCUT2D eigenvalue weighted by Crippen LogP contribution is 2.24. The quantitative estimate of drug-likeness (QED) is 0.430. The lowest BCUT2D eigenvalue weighted by Gasteiger charge is -2.12. The Morgan fingerprint density at radius 3 is 2.48 bits per heavy atom. The van der Waals surface area contributed by atoms with Crippen LogP contribution in [0.4, 0.5) is 5.69 Å². The van der Waals surface area contributed by atoms with Gasteiger partial charge >= 0.3 is 5.97 Å². The van der Waals surface area contributed by atoms with Crippen molar-refractivity contribution in [3.8, 4) is 5.75 Å². The number of aryl methyl sites for hydroxylation is 1. The second kappa shape index (κ2) is 10.1. The second-order valence-electron chi connectivity index (χ2n) is 5.46. The minimum Gasteiger partial charge on any atom is -0.491 e. The zero-order valence-electron chi connectivity index (χ0n) is 14.4. The predicted octanol–water partition coefficient (Wildman–Crippen LogP) is 3.59. The molecule has 2 aromatic rings. The lowest BCUT2D eigenvalue weighted by Crippen LogP contribution is -2.18. The molecule has 0 radical (unpaired) electrons. The van der Waals surface area contributed by atoms with Crippen molar-refractivity contribution in [2.24, 2.45) is 0 Å². The topological polar surface area (TPSA) is 64.6 Å². The molecule has 0 aromatic heterocycles. The summed E-state index contributed by atoms with van der Waals surface area (Å²) in [6.07, 6.45) is 1.49. The molecule has 0 fully saturated rings. The minimum atomic E-state index is -0.540. The molecule has 0 saturated carbocycles. The van der Waals surface area contributed by atoms with Crippen LogP contribution >= 0.6 is 0 Å². The molecule has 0 aliphatic carbocycles. The molecule has 1 amide bonds. The first kappa shape index (κ1) is 18.5. The third kappa shape index (κ3) is 6.67. The summed E-state index contributed by atoms with van der Waals surface area (Å²) >= 11 is 0. The molecule has 0 spiro atoms. The van der Waals surface area contributed by atoms with Crippen molar-refractivity contribution in [1.29, 1.82) is 0 Å². The summed E-state index contributed by atoms with van der Waals surface area (Å²) in [7, 11) is 0. The number of esters is 1. The number of para-hydroxylation sites is 2. The first-order valence-corrected chi connectivity index (χ1v) is 8.40. The molecule has 0 bridgehead atoms.